The zero-order valence-electron chi connectivity index (χ0n) is 21.2. The number of benzene rings is 1. The minimum Gasteiger partial charge on any atom is -0.484 e. The van der Waals surface area contributed by atoms with Crippen LogP contribution in [0.4, 0.5) is 0 Å². The standard InChI is InChI=1S/C27H38N2O5S/c1-5-6-12-22(24(30)18-35-17-21-11-9-14-33-21)29-27(32)23(15-19(2)3)28-26(31)16-34-25-13-8-7-10-20(25)4/h7-11,13-14,19,22-23H,5-6,12,15-18H2,1-4H3,(H,28,31)(H,29,32)/t22-,23-/m0/s1. The molecule has 2 rings (SSSR count). The zero-order valence-corrected chi connectivity index (χ0v) is 22.0. The van der Waals surface area contributed by atoms with Gasteiger partial charge in [-0.25, -0.2) is 0 Å². The van der Waals surface area contributed by atoms with Gasteiger partial charge in [0.1, 0.15) is 17.6 Å². The first kappa shape index (κ1) is 28.5. The molecule has 2 amide bonds. The molecule has 0 spiro atoms. The van der Waals surface area contributed by atoms with E-state index in [9.17, 15) is 14.4 Å². The van der Waals surface area contributed by atoms with E-state index in [-0.39, 0.29) is 35.9 Å². The fraction of sp³-hybridized carbons (Fsp3) is 0.519. The summed E-state index contributed by atoms with van der Waals surface area (Å²) in [6.07, 6.45) is 4.38. The first-order chi connectivity index (χ1) is 16.8. The van der Waals surface area contributed by atoms with Crippen molar-refractivity contribution in [2.75, 3.05) is 12.4 Å². The molecule has 192 valence electrons. The molecule has 0 bridgehead atoms. The van der Waals surface area contributed by atoms with Crippen LogP contribution in [0.1, 0.15) is 57.8 Å². The Kier molecular flexibility index (Phi) is 12.5. The van der Waals surface area contributed by atoms with Crippen molar-refractivity contribution in [2.24, 2.45) is 5.92 Å². The Balaban J connectivity index is 1.95. The van der Waals surface area contributed by atoms with Gasteiger partial charge in [0, 0.05) is 0 Å². The van der Waals surface area contributed by atoms with Gasteiger partial charge in [-0.3, -0.25) is 14.4 Å². The van der Waals surface area contributed by atoms with Gasteiger partial charge in [-0.15, -0.1) is 11.8 Å². The summed E-state index contributed by atoms with van der Waals surface area (Å²) in [6, 6.07) is 9.81. The minimum absolute atomic E-state index is 0.0270. The van der Waals surface area contributed by atoms with Crippen molar-refractivity contribution in [2.45, 2.75) is 71.2 Å². The highest BCUT2D eigenvalue weighted by molar-refractivity contribution is 7.99. The second kappa shape index (κ2) is 15.3. The number of ketones is 1. The van der Waals surface area contributed by atoms with E-state index in [0.29, 0.717) is 24.3 Å². The Hall–Kier alpha value is -2.74. The Morgan fingerprint density at radius 2 is 1.83 bits per heavy atom. The van der Waals surface area contributed by atoms with Crippen molar-refractivity contribution < 1.29 is 23.5 Å². The number of amides is 2. The van der Waals surface area contributed by atoms with Crippen molar-refractivity contribution in [1.29, 1.82) is 0 Å². The van der Waals surface area contributed by atoms with Crippen LogP contribution in [-0.2, 0) is 20.1 Å². The summed E-state index contributed by atoms with van der Waals surface area (Å²) in [5, 5.41) is 5.70. The van der Waals surface area contributed by atoms with E-state index in [2.05, 4.69) is 10.6 Å². The molecular formula is C27H38N2O5S. The maximum absolute atomic E-state index is 13.1. The van der Waals surface area contributed by atoms with Crippen LogP contribution in [-0.4, -0.2) is 42.0 Å². The van der Waals surface area contributed by atoms with Gasteiger partial charge in [-0.1, -0.05) is 51.8 Å². The molecule has 0 fully saturated rings. The zero-order chi connectivity index (χ0) is 25.6. The number of unbranched alkanes of at least 4 members (excludes halogenated alkanes) is 1. The number of hydrogen-bond acceptors (Lipinski definition) is 6. The summed E-state index contributed by atoms with van der Waals surface area (Å²) in [4.78, 5) is 38.6. The van der Waals surface area contributed by atoms with E-state index < -0.39 is 12.1 Å². The highest BCUT2D eigenvalue weighted by Gasteiger charge is 2.27. The van der Waals surface area contributed by atoms with E-state index in [1.165, 1.54) is 11.8 Å². The highest BCUT2D eigenvalue weighted by atomic mass is 32.2. The predicted octanol–water partition coefficient (Wildman–Crippen LogP) is 4.68. The van der Waals surface area contributed by atoms with Crippen molar-refractivity contribution in [3.8, 4) is 5.75 Å². The van der Waals surface area contributed by atoms with Gasteiger partial charge in [0.25, 0.3) is 5.91 Å². The van der Waals surface area contributed by atoms with Gasteiger partial charge < -0.3 is 19.8 Å². The number of aryl methyl sites for hydroxylation is 1. The molecule has 2 aromatic rings. The summed E-state index contributed by atoms with van der Waals surface area (Å²) in [5.41, 5.74) is 0.930. The Morgan fingerprint density at radius 1 is 1.06 bits per heavy atom. The average molecular weight is 503 g/mol. The average Bonchev–Trinajstić information content (AvgIpc) is 3.34. The molecule has 0 radical (unpaired) electrons. The lowest BCUT2D eigenvalue weighted by Gasteiger charge is -2.24. The summed E-state index contributed by atoms with van der Waals surface area (Å²) in [7, 11) is 0. The van der Waals surface area contributed by atoms with Crippen LogP contribution in [0.5, 0.6) is 5.75 Å². The fourth-order valence-electron chi connectivity index (χ4n) is 3.54. The van der Waals surface area contributed by atoms with Crippen molar-refractivity contribution in [1.82, 2.24) is 10.6 Å². The maximum atomic E-state index is 13.1. The fourth-order valence-corrected chi connectivity index (χ4v) is 4.41. The molecule has 2 atom stereocenters. The Bertz CT molecular complexity index is 929. The number of carbonyl (C=O) groups is 3. The third-order valence-corrected chi connectivity index (χ3v) is 6.41. The molecular weight excluding hydrogens is 464 g/mol. The van der Waals surface area contributed by atoms with Gasteiger partial charge >= 0.3 is 0 Å². The third-order valence-electron chi connectivity index (χ3n) is 5.43. The molecule has 0 aliphatic heterocycles. The second-order valence-electron chi connectivity index (χ2n) is 9.05. The number of hydrogen-bond donors (Lipinski definition) is 2. The smallest absolute Gasteiger partial charge is 0.258 e. The van der Waals surface area contributed by atoms with Gasteiger partial charge in [-0.05, 0) is 49.4 Å². The molecule has 0 aliphatic rings. The lowest BCUT2D eigenvalue weighted by molar-refractivity contribution is -0.132. The largest absolute Gasteiger partial charge is 0.484 e. The molecule has 7 nitrogen and oxygen atoms in total. The number of carbonyl (C=O) groups excluding carboxylic acids is 3. The normalized spacial score (nSPS) is 12.7. The number of Topliss-reactive ketones (excluding diaryl/α,β-unsaturated/α-hetero) is 1. The van der Waals surface area contributed by atoms with Crippen molar-refractivity contribution >= 4 is 29.4 Å². The van der Waals surface area contributed by atoms with Crippen LogP contribution >= 0.6 is 11.8 Å². The summed E-state index contributed by atoms with van der Waals surface area (Å²) < 4.78 is 10.9. The number of thioether (sulfide) groups is 1. The third kappa shape index (κ3) is 10.6. The van der Waals surface area contributed by atoms with Gasteiger partial charge in [0.05, 0.1) is 23.8 Å². The van der Waals surface area contributed by atoms with Crippen LogP contribution in [0.3, 0.4) is 0 Å². The first-order valence-corrected chi connectivity index (χ1v) is 13.4. The van der Waals surface area contributed by atoms with E-state index in [0.717, 1.165) is 24.2 Å². The molecule has 2 N–H and O–H groups in total. The van der Waals surface area contributed by atoms with Crippen LogP contribution in [0.2, 0.25) is 0 Å². The van der Waals surface area contributed by atoms with Crippen LogP contribution in [0.15, 0.2) is 47.1 Å². The molecule has 0 saturated heterocycles. The molecule has 1 aromatic carbocycles. The SMILES string of the molecule is CCCC[C@H](NC(=O)[C@H](CC(C)C)NC(=O)COc1ccccc1C)C(=O)CSCc1ccco1. The highest BCUT2D eigenvalue weighted by Crippen LogP contribution is 2.17. The number of ether oxygens (including phenoxy) is 1. The van der Waals surface area contributed by atoms with Crippen LogP contribution in [0.25, 0.3) is 0 Å². The number of nitrogens with one attached hydrogen (secondary N) is 2. The van der Waals surface area contributed by atoms with Gasteiger partial charge in [0.15, 0.2) is 12.4 Å². The quantitative estimate of drug-likeness (QED) is 0.346. The molecule has 8 heteroatoms. The van der Waals surface area contributed by atoms with E-state index in [1.54, 1.807) is 12.3 Å². The molecule has 0 saturated carbocycles. The first-order valence-electron chi connectivity index (χ1n) is 12.2. The Morgan fingerprint density at radius 3 is 2.49 bits per heavy atom. The number of furan rings is 1. The molecule has 0 unspecified atom stereocenters. The topological polar surface area (TPSA) is 97.6 Å². The predicted molar refractivity (Wildman–Crippen MR) is 139 cm³/mol. The van der Waals surface area contributed by atoms with E-state index >= 15 is 0 Å². The minimum atomic E-state index is -0.740. The second-order valence-corrected chi connectivity index (χ2v) is 10.0. The molecule has 1 heterocycles. The Labute approximate surface area is 212 Å². The summed E-state index contributed by atoms with van der Waals surface area (Å²) in [5.74, 6) is 1.75. The molecule has 1 aromatic heterocycles. The van der Waals surface area contributed by atoms with Crippen LogP contribution in [0, 0.1) is 12.8 Å². The summed E-state index contributed by atoms with van der Waals surface area (Å²) in [6.45, 7) is 7.74. The summed E-state index contributed by atoms with van der Waals surface area (Å²) >= 11 is 1.46. The number of para-hydroxylation sites is 1. The van der Waals surface area contributed by atoms with Gasteiger partial charge in [-0.2, -0.15) is 0 Å². The van der Waals surface area contributed by atoms with Crippen molar-refractivity contribution in [3.05, 3.63) is 54.0 Å². The molecule has 0 aliphatic carbocycles. The van der Waals surface area contributed by atoms with Gasteiger partial charge in [0.2, 0.25) is 5.91 Å². The van der Waals surface area contributed by atoms with E-state index in [1.807, 2.05) is 58.0 Å². The van der Waals surface area contributed by atoms with Crippen molar-refractivity contribution in [3.63, 3.8) is 0 Å². The van der Waals surface area contributed by atoms with E-state index in [4.69, 9.17) is 9.15 Å². The monoisotopic (exact) mass is 502 g/mol. The van der Waals surface area contributed by atoms with Crippen LogP contribution < -0.4 is 15.4 Å². The number of rotatable bonds is 16. The molecule has 35 heavy (non-hydrogen) atoms. The lowest BCUT2D eigenvalue weighted by Crippen LogP contribution is -2.53. The lowest BCUT2D eigenvalue weighted by atomic mass is 10.0. The maximum Gasteiger partial charge on any atom is 0.258 e.